The van der Waals surface area contributed by atoms with E-state index in [1.165, 1.54) is 25.1 Å². The summed E-state index contributed by atoms with van der Waals surface area (Å²) in [7, 11) is 0. The van der Waals surface area contributed by atoms with E-state index in [-0.39, 0.29) is 11.5 Å². The number of halogens is 2. The van der Waals surface area contributed by atoms with E-state index < -0.39 is 17.2 Å². The van der Waals surface area contributed by atoms with Gasteiger partial charge in [0.25, 0.3) is 0 Å². The largest absolute Gasteiger partial charge is 0.385 e. The smallest absolute Gasteiger partial charge is 0.132 e. The molecule has 94 valence electrons. The second kappa shape index (κ2) is 4.70. The Morgan fingerprint density at radius 2 is 2.00 bits per heavy atom. The Balaban J connectivity index is 2.36. The Kier molecular flexibility index (Phi) is 3.45. The average molecular weight is 241 g/mol. The third-order valence-electron chi connectivity index (χ3n) is 3.56. The molecular weight excluding hydrogens is 224 g/mol. The summed E-state index contributed by atoms with van der Waals surface area (Å²) in [6.45, 7) is 2.97. The summed E-state index contributed by atoms with van der Waals surface area (Å²) in [5.41, 5.74) is -1.68. The zero-order valence-electron chi connectivity index (χ0n) is 9.84. The highest BCUT2D eigenvalue weighted by atomic mass is 19.1. The maximum absolute atomic E-state index is 13.7. The second-order valence-corrected chi connectivity index (χ2v) is 4.79. The van der Waals surface area contributed by atoms with E-state index in [1.54, 1.807) is 0 Å². The Bertz CT molecular complexity index is 380. The fraction of sp³-hybridized carbons (Fsp3) is 0.538. The fourth-order valence-electron chi connectivity index (χ4n) is 2.52. The highest BCUT2D eigenvalue weighted by Gasteiger charge is 2.38. The summed E-state index contributed by atoms with van der Waals surface area (Å²) < 4.78 is 27.4. The van der Waals surface area contributed by atoms with Gasteiger partial charge in [0, 0.05) is 12.5 Å². The molecule has 0 radical (unpaired) electrons. The lowest BCUT2D eigenvalue weighted by Crippen LogP contribution is -2.43. The Morgan fingerprint density at radius 3 is 2.53 bits per heavy atom. The summed E-state index contributed by atoms with van der Waals surface area (Å²) in [5, 5.41) is 13.6. The molecule has 0 aliphatic carbocycles. The minimum Gasteiger partial charge on any atom is -0.385 e. The molecule has 0 bridgehead atoms. The van der Waals surface area contributed by atoms with Crippen LogP contribution in [-0.2, 0) is 5.60 Å². The van der Waals surface area contributed by atoms with Crippen molar-refractivity contribution >= 4 is 0 Å². The summed E-state index contributed by atoms with van der Waals surface area (Å²) in [6.07, 6.45) is 1.69. The molecule has 2 atom stereocenters. The van der Waals surface area contributed by atoms with Crippen LogP contribution in [0, 0.1) is 17.6 Å². The van der Waals surface area contributed by atoms with E-state index in [1.807, 2.05) is 0 Å². The molecule has 0 saturated carbocycles. The SMILES string of the molecule is CC(O)(c1c(F)cccc1F)C1CCCNC1. The first-order chi connectivity index (χ1) is 8.03. The molecule has 1 aliphatic heterocycles. The van der Waals surface area contributed by atoms with E-state index in [0.29, 0.717) is 6.54 Å². The van der Waals surface area contributed by atoms with Gasteiger partial charge in [0.1, 0.15) is 11.6 Å². The maximum atomic E-state index is 13.7. The van der Waals surface area contributed by atoms with Crippen molar-refractivity contribution in [1.29, 1.82) is 0 Å². The average Bonchev–Trinajstić information content (AvgIpc) is 2.29. The molecule has 1 heterocycles. The maximum Gasteiger partial charge on any atom is 0.132 e. The van der Waals surface area contributed by atoms with Crippen LogP contribution in [0.2, 0.25) is 0 Å². The molecule has 4 heteroatoms. The monoisotopic (exact) mass is 241 g/mol. The van der Waals surface area contributed by atoms with E-state index in [0.717, 1.165) is 19.4 Å². The molecule has 2 nitrogen and oxygen atoms in total. The summed E-state index contributed by atoms with van der Waals surface area (Å²) >= 11 is 0. The standard InChI is InChI=1S/C13H17F2NO/c1-13(17,9-4-3-7-16-8-9)12-10(14)5-2-6-11(12)15/h2,5-6,9,16-17H,3-4,7-8H2,1H3. The van der Waals surface area contributed by atoms with Gasteiger partial charge in [-0.3, -0.25) is 0 Å². The van der Waals surface area contributed by atoms with Crippen molar-refractivity contribution in [3.05, 3.63) is 35.4 Å². The van der Waals surface area contributed by atoms with Crippen molar-refractivity contribution in [2.45, 2.75) is 25.4 Å². The number of benzene rings is 1. The predicted molar refractivity (Wildman–Crippen MR) is 61.5 cm³/mol. The predicted octanol–water partition coefficient (Wildman–Crippen LogP) is 2.17. The van der Waals surface area contributed by atoms with E-state index in [9.17, 15) is 13.9 Å². The highest BCUT2D eigenvalue weighted by Crippen LogP contribution is 2.36. The number of hydrogen-bond acceptors (Lipinski definition) is 2. The molecule has 1 aromatic rings. The molecule has 0 spiro atoms. The number of aliphatic hydroxyl groups is 1. The number of nitrogens with one attached hydrogen (secondary N) is 1. The molecule has 2 N–H and O–H groups in total. The number of piperidine rings is 1. The minimum absolute atomic E-state index is 0.164. The van der Waals surface area contributed by atoms with Crippen LogP contribution < -0.4 is 5.32 Å². The Hall–Kier alpha value is -1.00. The summed E-state index contributed by atoms with van der Waals surface area (Å²) in [4.78, 5) is 0. The van der Waals surface area contributed by atoms with Crippen molar-refractivity contribution in [3.63, 3.8) is 0 Å². The quantitative estimate of drug-likeness (QED) is 0.831. The fourth-order valence-corrected chi connectivity index (χ4v) is 2.52. The third kappa shape index (κ3) is 2.33. The molecule has 2 rings (SSSR count). The van der Waals surface area contributed by atoms with Crippen LogP contribution in [0.25, 0.3) is 0 Å². The van der Waals surface area contributed by atoms with Crippen LogP contribution in [0.4, 0.5) is 8.78 Å². The molecule has 17 heavy (non-hydrogen) atoms. The molecule has 1 aliphatic rings. The zero-order valence-corrected chi connectivity index (χ0v) is 9.84. The topological polar surface area (TPSA) is 32.3 Å². The van der Waals surface area contributed by atoms with Crippen LogP contribution >= 0.6 is 0 Å². The lowest BCUT2D eigenvalue weighted by atomic mass is 9.78. The zero-order chi connectivity index (χ0) is 12.5. The van der Waals surface area contributed by atoms with Crippen LogP contribution in [0.1, 0.15) is 25.3 Å². The van der Waals surface area contributed by atoms with Gasteiger partial charge in [-0.1, -0.05) is 6.07 Å². The van der Waals surface area contributed by atoms with E-state index >= 15 is 0 Å². The van der Waals surface area contributed by atoms with Gasteiger partial charge >= 0.3 is 0 Å². The first kappa shape index (κ1) is 12.5. The Labute approximate surface area is 99.7 Å². The first-order valence-electron chi connectivity index (χ1n) is 5.91. The van der Waals surface area contributed by atoms with E-state index in [4.69, 9.17) is 0 Å². The van der Waals surface area contributed by atoms with Crippen LogP contribution in [0.5, 0.6) is 0 Å². The third-order valence-corrected chi connectivity index (χ3v) is 3.56. The second-order valence-electron chi connectivity index (χ2n) is 4.79. The molecule has 1 saturated heterocycles. The van der Waals surface area contributed by atoms with Gasteiger partial charge in [-0.2, -0.15) is 0 Å². The van der Waals surface area contributed by atoms with Crippen molar-refractivity contribution in [2.75, 3.05) is 13.1 Å². The van der Waals surface area contributed by atoms with Crippen molar-refractivity contribution in [1.82, 2.24) is 5.32 Å². The van der Waals surface area contributed by atoms with Gasteiger partial charge < -0.3 is 10.4 Å². The lowest BCUT2D eigenvalue weighted by molar-refractivity contribution is -0.0215. The molecule has 1 aromatic carbocycles. The van der Waals surface area contributed by atoms with E-state index in [2.05, 4.69) is 5.32 Å². The van der Waals surface area contributed by atoms with Gasteiger partial charge in [0.05, 0.1) is 11.2 Å². The molecule has 0 aromatic heterocycles. The molecule has 1 fully saturated rings. The first-order valence-corrected chi connectivity index (χ1v) is 5.91. The van der Waals surface area contributed by atoms with Gasteiger partial charge in [0.2, 0.25) is 0 Å². The summed E-state index contributed by atoms with van der Waals surface area (Å²) in [5.74, 6) is -1.52. The van der Waals surface area contributed by atoms with Crippen LogP contribution in [-0.4, -0.2) is 18.2 Å². The molecular formula is C13H17F2NO. The van der Waals surface area contributed by atoms with Crippen LogP contribution in [0.15, 0.2) is 18.2 Å². The summed E-state index contributed by atoms with van der Waals surface area (Å²) in [6, 6.07) is 3.68. The van der Waals surface area contributed by atoms with Crippen LogP contribution in [0.3, 0.4) is 0 Å². The van der Waals surface area contributed by atoms with Gasteiger partial charge in [-0.05, 0) is 38.4 Å². The number of hydrogen-bond donors (Lipinski definition) is 2. The normalized spacial score (nSPS) is 24.4. The van der Waals surface area contributed by atoms with Gasteiger partial charge in [-0.15, -0.1) is 0 Å². The van der Waals surface area contributed by atoms with Gasteiger partial charge in [0.15, 0.2) is 0 Å². The van der Waals surface area contributed by atoms with Crippen molar-refractivity contribution in [2.24, 2.45) is 5.92 Å². The van der Waals surface area contributed by atoms with Crippen molar-refractivity contribution < 1.29 is 13.9 Å². The van der Waals surface area contributed by atoms with Gasteiger partial charge in [-0.25, -0.2) is 8.78 Å². The molecule has 0 amide bonds. The molecule has 2 unspecified atom stereocenters. The lowest BCUT2D eigenvalue weighted by Gasteiger charge is -2.36. The Morgan fingerprint density at radius 1 is 1.35 bits per heavy atom. The highest BCUT2D eigenvalue weighted by molar-refractivity contribution is 5.26. The number of rotatable bonds is 2. The minimum atomic E-state index is -1.47. The van der Waals surface area contributed by atoms with Crippen molar-refractivity contribution in [3.8, 4) is 0 Å².